The number of rotatable bonds is 6. The number of hydrogen-bond donors (Lipinski definition) is 2. The highest BCUT2D eigenvalue weighted by molar-refractivity contribution is 5.92. The molecule has 0 aromatic heterocycles. The molecule has 0 saturated carbocycles. The third-order valence-corrected chi connectivity index (χ3v) is 3.96. The van der Waals surface area contributed by atoms with Crippen LogP contribution in [0.3, 0.4) is 0 Å². The van der Waals surface area contributed by atoms with Gasteiger partial charge in [0.2, 0.25) is 5.91 Å². The fourth-order valence-corrected chi connectivity index (χ4v) is 2.09. The van der Waals surface area contributed by atoms with E-state index in [0.29, 0.717) is 12.3 Å². The van der Waals surface area contributed by atoms with Gasteiger partial charge in [-0.2, -0.15) is 0 Å². The zero-order valence-electron chi connectivity index (χ0n) is 13.9. The summed E-state index contributed by atoms with van der Waals surface area (Å²) in [5.41, 5.74) is 8.82. The van der Waals surface area contributed by atoms with Gasteiger partial charge in [0, 0.05) is 17.8 Å². The van der Waals surface area contributed by atoms with Gasteiger partial charge >= 0.3 is 0 Å². The molecule has 0 radical (unpaired) electrons. The first-order chi connectivity index (χ1) is 11.0. The standard InChI is InChI=1S/C19H24N2O2/c1-13-7-4-5-8-16(13)12-23-18-10-6-9-17(11-18)21-19(22)14(2)15(3)20/h4-11,14-15H,12,20H2,1-3H3,(H,21,22). The van der Waals surface area contributed by atoms with E-state index in [4.69, 9.17) is 10.5 Å². The normalized spacial score (nSPS) is 13.2. The fourth-order valence-electron chi connectivity index (χ4n) is 2.09. The molecule has 0 aliphatic heterocycles. The Morgan fingerprint density at radius 2 is 1.91 bits per heavy atom. The average Bonchev–Trinajstić information content (AvgIpc) is 2.53. The lowest BCUT2D eigenvalue weighted by molar-refractivity contribution is -0.119. The monoisotopic (exact) mass is 312 g/mol. The third kappa shape index (κ3) is 4.83. The topological polar surface area (TPSA) is 64.3 Å². The van der Waals surface area contributed by atoms with Crippen LogP contribution in [0.2, 0.25) is 0 Å². The molecular weight excluding hydrogens is 288 g/mol. The molecule has 122 valence electrons. The Kier molecular flexibility index (Phi) is 5.77. The predicted octanol–water partition coefficient (Wildman–Crippen LogP) is 3.50. The maximum Gasteiger partial charge on any atom is 0.228 e. The Labute approximate surface area is 137 Å². The second-order valence-corrected chi connectivity index (χ2v) is 5.88. The van der Waals surface area contributed by atoms with Crippen molar-refractivity contribution < 1.29 is 9.53 Å². The molecule has 2 unspecified atom stereocenters. The van der Waals surface area contributed by atoms with E-state index in [1.807, 2.05) is 56.3 Å². The molecule has 0 fully saturated rings. The summed E-state index contributed by atoms with van der Waals surface area (Å²) in [4.78, 5) is 12.1. The van der Waals surface area contributed by atoms with E-state index in [1.54, 1.807) is 0 Å². The average molecular weight is 312 g/mol. The van der Waals surface area contributed by atoms with E-state index in [1.165, 1.54) is 5.56 Å². The molecule has 0 heterocycles. The number of anilines is 1. The van der Waals surface area contributed by atoms with Gasteiger partial charge in [-0.1, -0.05) is 37.3 Å². The number of hydrogen-bond acceptors (Lipinski definition) is 3. The van der Waals surface area contributed by atoms with Crippen molar-refractivity contribution in [3.63, 3.8) is 0 Å². The Hall–Kier alpha value is -2.33. The fraction of sp³-hybridized carbons (Fsp3) is 0.316. The first-order valence-electron chi connectivity index (χ1n) is 7.81. The largest absolute Gasteiger partial charge is 0.489 e. The van der Waals surface area contributed by atoms with Crippen LogP contribution in [-0.4, -0.2) is 11.9 Å². The van der Waals surface area contributed by atoms with Crippen molar-refractivity contribution in [2.45, 2.75) is 33.4 Å². The van der Waals surface area contributed by atoms with Crippen molar-refractivity contribution in [1.29, 1.82) is 0 Å². The molecule has 0 aliphatic rings. The number of nitrogens with two attached hydrogens (primary N) is 1. The van der Waals surface area contributed by atoms with Crippen LogP contribution < -0.4 is 15.8 Å². The Bertz CT molecular complexity index is 668. The van der Waals surface area contributed by atoms with E-state index in [9.17, 15) is 4.79 Å². The zero-order valence-corrected chi connectivity index (χ0v) is 13.9. The van der Waals surface area contributed by atoms with Gasteiger partial charge in [0.15, 0.2) is 0 Å². The second kappa shape index (κ2) is 7.79. The quantitative estimate of drug-likeness (QED) is 0.858. The summed E-state index contributed by atoms with van der Waals surface area (Å²) < 4.78 is 5.83. The van der Waals surface area contributed by atoms with Crippen molar-refractivity contribution >= 4 is 11.6 Å². The summed E-state index contributed by atoms with van der Waals surface area (Å²) in [5, 5.41) is 2.87. The van der Waals surface area contributed by atoms with Crippen LogP contribution in [0.1, 0.15) is 25.0 Å². The van der Waals surface area contributed by atoms with Crippen molar-refractivity contribution in [3.8, 4) is 5.75 Å². The van der Waals surface area contributed by atoms with E-state index in [0.717, 1.165) is 11.3 Å². The van der Waals surface area contributed by atoms with E-state index in [-0.39, 0.29) is 17.9 Å². The number of carbonyl (C=O) groups is 1. The number of carbonyl (C=O) groups excluding carboxylic acids is 1. The highest BCUT2D eigenvalue weighted by atomic mass is 16.5. The molecule has 2 rings (SSSR count). The van der Waals surface area contributed by atoms with Gasteiger partial charge in [-0.3, -0.25) is 4.79 Å². The molecule has 1 amide bonds. The van der Waals surface area contributed by atoms with Crippen LogP contribution in [0.25, 0.3) is 0 Å². The summed E-state index contributed by atoms with van der Waals surface area (Å²) in [7, 11) is 0. The third-order valence-electron chi connectivity index (χ3n) is 3.96. The van der Waals surface area contributed by atoms with Gasteiger partial charge in [0.05, 0.1) is 5.92 Å². The summed E-state index contributed by atoms with van der Waals surface area (Å²) >= 11 is 0. The zero-order chi connectivity index (χ0) is 16.8. The van der Waals surface area contributed by atoms with Crippen LogP contribution in [0, 0.1) is 12.8 Å². The maximum absolute atomic E-state index is 12.1. The van der Waals surface area contributed by atoms with E-state index in [2.05, 4.69) is 18.3 Å². The van der Waals surface area contributed by atoms with Crippen molar-refractivity contribution in [2.75, 3.05) is 5.32 Å². The smallest absolute Gasteiger partial charge is 0.228 e. The number of ether oxygens (including phenoxy) is 1. The van der Waals surface area contributed by atoms with Crippen LogP contribution in [0.4, 0.5) is 5.69 Å². The lowest BCUT2D eigenvalue weighted by Crippen LogP contribution is -2.34. The second-order valence-electron chi connectivity index (χ2n) is 5.88. The van der Waals surface area contributed by atoms with E-state index < -0.39 is 0 Å². The SMILES string of the molecule is Cc1ccccc1COc1cccc(NC(=O)C(C)C(C)N)c1. The molecule has 2 aromatic carbocycles. The summed E-state index contributed by atoms with van der Waals surface area (Å²) in [6.07, 6.45) is 0. The van der Waals surface area contributed by atoms with Gasteiger partial charge in [-0.25, -0.2) is 0 Å². The Morgan fingerprint density at radius 1 is 1.17 bits per heavy atom. The molecule has 4 nitrogen and oxygen atoms in total. The first-order valence-corrected chi connectivity index (χ1v) is 7.81. The molecular formula is C19H24N2O2. The minimum absolute atomic E-state index is 0.0870. The molecule has 0 saturated heterocycles. The summed E-state index contributed by atoms with van der Waals surface area (Å²) in [6.45, 7) is 6.20. The molecule has 2 atom stereocenters. The van der Waals surface area contributed by atoms with Gasteiger partial charge in [-0.05, 0) is 37.1 Å². The lowest BCUT2D eigenvalue weighted by Gasteiger charge is -2.16. The molecule has 23 heavy (non-hydrogen) atoms. The Morgan fingerprint density at radius 3 is 2.61 bits per heavy atom. The minimum Gasteiger partial charge on any atom is -0.489 e. The maximum atomic E-state index is 12.1. The van der Waals surface area contributed by atoms with Gasteiger partial charge in [0.25, 0.3) is 0 Å². The number of benzene rings is 2. The summed E-state index contributed by atoms with van der Waals surface area (Å²) in [5.74, 6) is 0.391. The van der Waals surface area contributed by atoms with Gasteiger partial charge in [-0.15, -0.1) is 0 Å². The van der Waals surface area contributed by atoms with Crippen LogP contribution in [0.5, 0.6) is 5.75 Å². The minimum atomic E-state index is -0.244. The van der Waals surface area contributed by atoms with Crippen LogP contribution in [-0.2, 0) is 11.4 Å². The van der Waals surface area contributed by atoms with Crippen LogP contribution in [0.15, 0.2) is 48.5 Å². The predicted molar refractivity (Wildman–Crippen MR) is 93.4 cm³/mol. The lowest BCUT2D eigenvalue weighted by atomic mass is 10.0. The molecule has 0 spiro atoms. The number of amides is 1. The summed E-state index contributed by atoms with van der Waals surface area (Å²) in [6, 6.07) is 15.3. The molecule has 0 bridgehead atoms. The molecule has 2 aromatic rings. The van der Waals surface area contributed by atoms with Gasteiger partial charge in [0.1, 0.15) is 12.4 Å². The highest BCUT2D eigenvalue weighted by Crippen LogP contribution is 2.20. The van der Waals surface area contributed by atoms with Crippen molar-refractivity contribution in [1.82, 2.24) is 0 Å². The molecule has 0 aliphatic carbocycles. The van der Waals surface area contributed by atoms with Crippen molar-refractivity contribution in [3.05, 3.63) is 59.7 Å². The van der Waals surface area contributed by atoms with E-state index >= 15 is 0 Å². The number of aryl methyl sites for hydroxylation is 1. The van der Waals surface area contributed by atoms with Crippen LogP contribution >= 0.6 is 0 Å². The Balaban J connectivity index is 2.00. The highest BCUT2D eigenvalue weighted by Gasteiger charge is 2.17. The van der Waals surface area contributed by atoms with Crippen molar-refractivity contribution in [2.24, 2.45) is 11.7 Å². The van der Waals surface area contributed by atoms with Gasteiger partial charge < -0.3 is 15.8 Å². The molecule has 4 heteroatoms. The first kappa shape index (κ1) is 17.0. The molecule has 3 N–H and O–H groups in total. The number of nitrogens with one attached hydrogen (secondary N) is 1.